The zero-order valence-electron chi connectivity index (χ0n) is 17.2. The lowest BCUT2D eigenvalue weighted by molar-refractivity contribution is 0.0124. The molecule has 0 aliphatic heterocycles. The summed E-state index contributed by atoms with van der Waals surface area (Å²) in [5.41, 5.74) is 2.50. The molecule has 0 radical (unpaired) electrons. The number of halogens is 1. The lowest BCUT2D eigenvalue weighted by atomic mass is 9.76. The molecule has 154 valence electrons. The van der Waals surface area contributed by atoms with Gasteiger partial charge in [0, 0.05) is 11.8 Å². The van der Waals surface area contributed by atoms with Gasteiger partial charge in [-0.15, -0.1) is 11.6 Å². The summed E-state index contributed by atoms with van der Waals surface area (Å²) in [6.07, 6.45) is 13.5. The van der Waals surface area contributed by atoms with Gasteiger partial charge in [0.1, 0.15) is 5.75 Å². The topological polar surface area (TPSA) is 38.7 Å². The Morgan fingerprint density at radius 1 is 1.29 bits per heavy atom. The standard InChI is InChI=1S/C24H33ClO3/c1-19(17-25)12-14-24(2)15-13-23(22(24)7-5-4-6-16-26)28-18-20-8-10-21(27-3)11-9-20/h4-12,22-23,26H,13-18H2,1-3H3/b6-4+,7-5+,19-12-/t22-,23-,24-/m1/s1. The normalized spacial score (nSPS) is 25.8. The molecule has 0 bridgehead atoms. The van der Waals surface area contributed by atoms with Crippen molar-refractivity contribution in [2.75, 3.05) is 19.6 Å². The minimum atomic E-state index is 0.0569. The number of hydrogen-bond acceptors (Lipinski definition) is 3. The largest absolute Gasteiger partial charge is 0.497 e. The van der Waals surface area contributed by atoms with Crippen molar-refractivity contribution >= 4 is 11.6 Å². The third kappa shape index (κ3) is 6.51. The maximum atomic E-state index is 8.96. The van der Waals surface area contributed by atoms with Crippen LogP contribution in [0.5, 0.6) is 5.75 Å². The number of benzene rings is 1. The summed E-state index contributed by atoms with van der Waals surface area (Å²) in [6.45, 7) is 5.07. The summed E-state index contributed by atoms with van der Waals surface area (Å²) < 4.78 is 11.6. The van der Waals surface area contributed by atoms with Gasteiger partial charge in [-0.05, 0) is 49.3 Å². The Bertz CT molecular complexity index is 678. The fraction of sp³-hybridized carbons (Fsp3) is 0.500. The van der Waals surface area contributed by atoms with Gasteiger partial charge in [0.2, 0.25) is 0 Å². The molecule has 3 atom stereocenters. The molecule has 4 heteroatoms. The van der Waals surface area contributed by atoms with E-state index in [1.54, 1.807) is 13.2 Å². The number of aliphatic hydroxyl groups excluding tert-OH is 1. The van der Waals surface area contributed by atoms with E-state index in [9.17, 15) is 0 Å². The molecule has 1 aromatic rings. The van der Waals surface area contributed by atoms with E-state index in [0.29, 0.717) is 18.4 Å². The second kappa shape index (κ2) is 11.5. The van der Waals surface area contributed by atoms with E-state index in [2.05, 4.69) is 26.0 Å². The fourth-order valence-corrected chi connectivity index (χ4v) is 3.87. The Labute approximate surface area is 174 Å². The molecule has 2 rings (SSSR count). The van der Waals surface area contributed by atoms with Gasteiger partial charge in [0.05, 0.1) is 26.4 Å². The number of methoxy groups -OCH3 is 1. The Hall–Kier alpha value is -1.55. The van der Waals surface area contributed by atoms with E-state index in [0.717, 1.165) is 30.6 Å². The van der Waals surface area contributed by atoms with Crippen molar-refractivity contribution in [3.05, 3.63) is 65.8 Å². The molecular formula is C24H33ClO3. The number of alkyl halides is 1. The van der Waals surface area contributed by atoms with E-state index in [-0.39, 0.29) is 18.1 Å². The van der Waals surface area contributed by atoms with Crippen molar-refractivity contribution in [1.29, 1.82) is 0 Å². The SMILES string of the molecule is COc1ccc(CO[C@@H]2CC[C@@](C)(C/C=C(/C)CCl)[C@@H]2/C=C/C=C/CO)cc1. The summed E-state index contributed by atoms with van der Waals surface area (Å²) in [5, 5.41) is 8.96. The van der Waals surface area contributed by atoms with Crippen LogP contribution in [0, 0.1) is 11.3 Å². The van der Waals surface area contributed by atoms with Gasteiger partial charge < -0.3 is 14.6 Å². The average molecular weight is 405 g/mol. The van der Waals surface area contributed by atoms with Crippen LogP contribution in [0.15, 0.2) is 60.2 Å². The van der Waals surface area contributed by atoms with E-state index in [4.69, 9.17) is 26.2 Å². The third-order valence-electron chi connectivity index (χ3n) is 5.63. The summed E-state index contributed by atoms with van der Waals surface area (Å²) in [5.74, 6) is 1.75. The molecule has 1 fully saturated rings. The van der Waals surface area contributed by atoms with Crippen molar-refractivity contribution in [2.45, 2.75) is 45.8 Å². The molecule has 0 spiro atoms. The first-order chi connectivity index (χ1) is 13.5. The highest BCUT2D eigenvalue weighted by Crippen LogP contribution is 2.48. The lowest BCUT2D eigenvalue weighted by Crippen LogP contribution is -2.27. The summed E-state index contributed by atoms with van der Waals surface area (Å²) in [4.78, 5) is 0. The van der Waals surface area contributed by atoms with Crippen molar-refractivity contribution in [1.82, 2.24) is 0 Å². The predicted molar refractivity (Wildman–Crippen MR) is 117 cm³/mol. The zero-order valence-corrected chi connectivity index (χ0v) is 18.0. The fourth-order valence-electron chi connectivity index (χ4n) is 3.76. The van der Waals surface area contributed by atoms with Gasteiger partial charge >= 0.3 is 0 Å². The van der Waals surface area contributed by atoms with E-state index in [1.165, 1.54) is 5.57 Å². The van der Waals surface area contributed by atoms with Crippen LogP contribution in [0.4, 0.5) is 0 Å². The van der Waals surface area contributed by atoms with Crippen LogP contribution < -0.4 is 4.74 Å². The van der Waals surface area contributed by atoms with Gasteiger partial charge in [-0.25, -0.2) is 0 Å². The summed E-state index contributed by atoms with van der Waals surface area (Å²) in [7, 11) is 1.67. The van der Waals surface area contributed by atoms with Gasteiger partial charge in [-0.1, -0.05) is 55.0 Å². The molecule has 1 N–H and O–H groups in total. The second-order valence-corrected chi connectivity index (χ2v) is 8.07. The Balaban J connectivity index is 2.09. The van der Waals surface area contributed by atoms with Crippen LogP contribution in [-0.4, -0.2) is 30.8 Å². The van der Waals surface area contributed by atoms with Crippen LogP contribution in [0.25, 0.3) is 0 Å². The van der Waals surface area contributed by atoms with Crippen LogP contribution in [0.2, 0.25) is 0 Å². The molecule has 28 heavy (non-hydrogen) atoms. The number of hydrogen-bond donors (Lipinski definition) is 1. The molecule has 0 unspecified atom stereocenters. The van der Waals surface area contributed by atoms with E-state index >= 15 is 0 Å². The monoisotopic (exact) mass is 404 g/mol. The maximum Gasteiger partial charge on any atom is 0.118 e. The van der Waals surface area contributed by atoms with Crippen molar-refractivity contribution in [3.63, 3.8) is 0 Å². The first-order valence-corrected chi connectivity index (χ1v) is 10.5. The molecule has 0 aromatic heterocycles. The minimum Gasteiger partial charge on any atom is -0.497 e. The minimum absolute atomic E-state index is 0.0569. The molecular weight excluding hydrogens is 372 g/mol. The van der Waals surface area contributed by atoms with Crippen molar-refractivity contribution in [3.8, 4) is 5.75 Å². The molecule has 0 amide bonds. The highest BCUT2D eigenvalue weighted by Gasteiger charge is 2.43. The highest BCUT2D eigenvalue weighted by molar-refractivity contribution is 6.19. The second-order valence-electron chi connectivity index (χ2n) is 7.80. The third-order valence-corrected chi connectivity index (χ3v) is 6.05. The van der Waals surface area contributed by atoms with Crippen LogP contribution in [-0.2, 0) is 11.3 Å². The smallest absolute Gasteiger partial charge is 0.118 e. The van der Waals surface area contributed by atoms with Gasteiger partial charge in [0.15, 0.2) is 0 Å². The summed E-state index contributed by atoms with van der Waals surface area (Å²) >= 11 is 5.96. The van der Waals surface area contributed by atoms with E-state index < -0.39 is 0 Å². The lowest BCUT2D eigenvalue weighted by Gasteiger charge is -2.31. The molecule has 3 nitrogen and oxygen atoms in total. The number of aliphatic hydroxyl groups is 1. The highest BCUT2D eigenvalue weighted by atomic mass is 35.5. The number of allylic oxidation sites excluding steroid dienone is 4. The first kappa shape index (κ1) is 22.7. The van der Waals surface area contributed by atoms with Gasteiger partial charge in [0.25, 0.3) is 0 Å². The van der Waals surface area contributed by atoms with Crippen LogP contribution >= 0.6 is 11.6 Å². The maximum absolute atomic E-state index is 8.96. The number of ether oxygens (including phenoxy) is 2. The molecule has 1 aromatic carbocycles. The Morgan fingerprint density at radius 2 is 2.04 bits per heavy atom. The van der Waals surface area contributed by atoms with Crippen LogP contribution in [0.1, 0.15) is 38.7 Å². The van der Waals surface area contributed by atoms with Crippen LogP contribution in [0.3, 0.4) is 0 Å². The molecule has 1 aliphatic carbocycles. The van der Waals surface area contributed by atoms with Crippen molar-refractivity contribution < 1.29 is 14.6 Å². The quantitative estimate of drug-likeness (QED) is 0.310. The van der Waals surface area contributed by atoms with E-state index in [1.807, 2.05) is 36.4 Å². The Kier molecular flexibility index (Phi) is 9.30. The van der Waals surface area contributed by atoms with Gasteiger partial charge in [-0.3, -0.25) is 0 Å². The Morgan fingerprint density at radius 3 is 2.68 bits per heavy atom. The summed E-state index contributed by atoms with van der Waals surface area (Å²) in [6, 6.07) is 8.03. The zero-order chi connectivity index (χ0) is 20.4. The van der Waals surface area contributed by atoms with Gasteiger partial charge in [-0.2, -0.15) is 0 Å². The molecule has 0 saturated heterocycles. The average Bonchev–Trinajstić information content (AvgIpc) is 3.04. The first-order valence-electron chi connectivity index (χ1n) is 9.92. The predicted octanol–water partition coefficient (Wildman–Crippen LogP) is 5.68. The molecule has 1 aliphatic rings. The number of rotatable bonds is 10. The van der Waals surface area contributed by atoms with Crippen molar-refractivity contribution in [2.24, 2.45) is 11.3 Å². The molecule has 1 saturated carbocycles. The molecule has 0 heterocycles.